The average molecular weight is 489 g/mol. The van der Waals surface area contributed by atoms with Crippen molar-refractivity contribution < 1.29 is 13.2 Å². The topological polar surface area (TPSA) is 57.7 Å². The molecule has 0 saturated carbocycles. The van der Waals surface area contributed by atoms with Gasteiger partial charge in [-0.1, -0.05) is 59.6 Å². The van der Waals surface area contributed by atoms with Crippen molar-refractivity contribution in [3.63, 3.8) is 0 Å². The molecule has 3 aromatic carbocycles. The Hall–Kier alpha value is -2.38. The Balaban J connectivity index is 1.69. The monoisotopic (exact) mass is 488 g/mol. The van der Waals surface area contributed by atoms with Gasteiger partial charge in [0.1, 0.15) is 0 Å². The molecule has 32 heavy (non-hydrogen) atoms. The zero-order valence-corrected chi connectivity index (χ0v) is 19.7. The molecule has 166 valence electrons. The maximum absolute atomic E-state index is 13.5. The van der Waals surface area contributed by atoms with Crippen LogP contribution in [0.4, 0.5) is 5.69 Å². The lowest BCUT2D eigenvalue weighted by molar-refractivity contribution is -0.119. The fourth-order valence-corrected chi connectivity index (χ4v) is 5.66. The summed E-state index contributed by atoms with van der Waals surface area (Å²) in [6, 6.07) is 20.6. The van der Waals surface area contributed by atoms with Gasteiger partial charge in [0.2, 0.25) is 15.9 Å². The van der Waals surface area contributed by atoms with Crippen molar-refractivity contribution in [3.05, 3.63) is 94.0 Å². The normalized spacial score (nSPS) is 15.8. The number of fused-ring (bicyclic) bond motifs is 1. The van der Waals surface area contributed by atoms with E-state index in [9.17, 15) is 13.2 Å². The summed E-state index contributed by atoms with van der Waals surface area (Å²) in [5.74, 6) is -0.285. The Bertz CT molecular complexity index is 1250. The van der Waals surface area contributed by atoms with Crippen LogP contribution in [0.2, 0.25) is 10.0 Å². The van der Waals surface area contributed by atoms with Crippen LogP contribution < -0.4 is 4.90 Å². The Kier molecular flexibility index (Phi) is 6.58. The predicted octanol–water partition coefficient (Wildman–Crippen LogP) is 5.16. The summed E-state index contributed by atoms with van der Waals surface area (Å²) >= 11 is 12.2. The van der Waals surface area contributed by atoms with Gasteiger partial charge in [-0.2, -0.15) is 4.31 Å². The number of halogens is 2. The molecule has 0 spiro atoms. The minimum Gasteiger partial charge on any atom is -0.308 e. The number of carbonyl (C=O) groups excluding carboxylic acids is 1. The van der Waals surface area contributed by atoms with Crippen LogP contribution in [0.25, 0.3) is 0 Å². The van der Waals surface area contributed by atoms with Gasteiger partial charge in [0.15, 0.2) is 0 Å². The molecule has 3 aromatic rings. The van der Waals surface area contributed by atoms with E-state index in [2.05, 4.69) is 0 Å². The maximum Gasteiger partial charge on any atom is 0.243 e. The van der Waals surface area contributed by atoms with Crippen molar-refractivity contribution in [2.24, 2.45) is 0 Å². The number of carbonyl (C=O) groups is 1. The number of benzene rings is 3. The van der Waals surface area contributed by atoms with Gasteiger partial charge in [0, 0.05) is 28.3 Å². The minimum atomic E-state index is -3.98. The molecule has 0 radical (unpaired) electrons. The second kappa shape index (κ2) is 9.24. The highest BCUT2D eigenvalue weighted by Crippen LogP contribution is 2.32. The van der Waals surface area contributed by atoms with E-state index in [1.165, 1.54) is 28.6 Å². The van der Waals surface area contributed by atoms with E-state index in [-0.39, 0.29) is 29.9 Å². The van der Waals surface area contributed by atoms with Crippen LogP contribution in [0.5, 0.6) is 0 Å². The van der Waals surface area contributed by atoms with Gasteiger partial charge < -0.3 is 4.90 Å². The molecular formula is C24H22Cl2N2O3S. The van der Waals surface area contributed by atoms with Crippen LogP contribution in [0.3, 0.4) is 0 Å². The number of anilines is 1. The lowest BCUT2D eigenvalue weighted by Crippen LogP contribution is -2.44. The summed E-state index contributed by atoms with van der Waals surface area (Å²) in [6.45, 7) is 1.62. The first-order valence-corrected chi connectivity index (χ1v) is 12.4. The number of hydrogen-bond donors (Lipinski definition) is 0. The molecular weight excluding hydrogens is 467 g/mol. The highest BCUT2D eigenvalue weighted by atomic mass is 35.5. The molecule has 4 rings (SSSR count). The third-order valence-electron chi connectivity index (χ3n) is 5.54. The molecule has 5 nitrogen and oxygen atoms in total. The van der Waals surface area contributed by atoms with Gasteiger partial charge in [-0.05, 0) is 60.9 Å². The lowest BCUT2D eigenvalue weighted by atomic mass is 10.1. The summed E-state index contributed by atoms with van der Waals surface area (Å²) in [5.41, 5.74) is 2.52. The summed E-state index contributed by atoms with van der Waals surface area (Å²) in [7, 11) is -3.98. The summed E-state index contributed by atoms with van der Waals surface area (Å²) in [4.78, 5) is 15.2. The van der Waals surface area contributed by atoms with Crippen LogP contribution in [0.1, 0.15) is 18.1 Å². The summed E-state index contributed by atoms with van der Waals surface area (Å²) in [6.07, 6.45) is 0.733. The third-order valence-corrected chi connectivity index (χ3v) is 7.97. The molecule has 8 heteroatoms. The Labute approximate surface area is 198 Å². The molecule has 1 aliphatic rings. The van der Waals surface area contributed by atoms with Crippen molar-refractivity contribution in [2.75, 3.05) is 11.4 Å². The molecule has 1 amide bonds. The Morgan fingerprint density at radius 2 is 1.66 bits per heavy atom. The average Bonchev–Trinajstić information content (AvgIpc) is 3.10. The van der Waals surface area contributed by atoms with Gasteiger partial charge in [-0.15, -0.1) is 0 Å². The maximum atomic E-state index is 13.5. The van der Waals surface area contributed by atoms with E-state index in [1.54, 1.807) is 29.2 Å². The zero-order chi connectivity index (χ0) is 22.9. The molecule has 1 heterocycles. The fraction of sp³-hybridized carbons (Fsp3) is 0.208. The van der Waals surface area contributed by atoms with Gasteiger partial charge in [-0.3, -0.25) is 4.79 Å². The largest absolute Gasteiger partial charge is 0.308 e. The molecule has 0 N–H and O–H groups in total. The third kappa shape index (κ3) is 4.55. The molecule has 1 aliphatic heterocycles. The van der Waals surface area contributed by atoms with Crippen molar-refractivity contribution in [2.45, 2.75) is 30.8 Å². The number of hydrogen-bond acceptors (Lipinski definition) is 3. The van der Waals surface area contributed by atoms with E-state index in [0.29, 0.717) is 15.6 Å². The van der Waals surface area contributed by atoms with Crippen molar-refractivity contribution in [1.82, 2.24) is 4.31 Å². The molecule has 0 unspecified atom stereocenters. The highest BCUT2D eigenvalue weighted by molar-refractivity contribution is 7.89. The van der Waals surface area contributed by atoms with E-state index < -0.39 is 10.0 Å². The quantitative estimate of drug-likeness (QED) is 0.481. The summed E-state index contributed by atoms with van der Waals surface area (Å²) < 4.78 is 28.2. The van der Waals surface area contributed by atoms with Gasteiger partial charge in [-0.25, -0.2) is 8.42 Å². The molecule has 0 aromatic heterocycles. The van der Waals surface area contributed by atoms with Crippen molar-refractivity contribution >= 4 is 44.8 Å². The number of nitrogens with zero attached hydrogens (tertiary/aromatic N) is 2. The standard InChI is InChI=1S/C24H22Cl2N2O3S/c1-17-14-18-6-3-5-9-23(18)28(17)24(29)16-27(15-19-7-2-4-8-22(19)26)32(30,31)21-12-10-20(25)11-13-21/h2-13,17H,14-16H2,1H3/t17-/m0/s1. The van der Waals surface area contributed by atoms with Crippen LogP contribution in [0, 0.1) is 0 Å². The first kappa shape index (κ1) is 22.8. The Morgan fingerprint density at radius 1 is 1.00 bits per heavy atom. The first-order valence-electron chi connectivity index (χ1n) is 10.2. The molecule has 0 saturated heterocycles. The van der Waals surface area contributed by atoms with Crippen LogP contribution in [0.15, 0.2) is 77.7 Å². The predicted molar refractivity (Wildman–Crippen MR) is 128 cm³/mol. The van der Waals surface area contributed by atoms with Gasteiger partial charge in [0.25, 0.3) is 0 Å². The van der Waals surface area contributed by atoms with E-state index >= 15 is 0 Å². The lowest BCUT2D eigenvalue weighted by Gasteiger charge is -2.28. The fourth-order valence-electron chi connectivity index (χ4n) is 3.97. The van der Waals surface area contributed by atoms with Crippen molar-refractivity contribution in [3.8, 4) is 0 Å². The first-order chi connectivity index (χ1) is 15.3. The minimum absolute atomic E-state index is 0.0275. The number of amides is 1. The number of para-hydroxylation sites is 1. The van der Waals surface area contributed by atoms with Crippen LogP contribution in [-0.4, -0.2) is 31.2 Å². The van der Waals surface area contributed by atoms with Gasteiger partial charge >= 0.3 is 0 Å². The number of sulfonamides is 1. The Morgan fingerprint density at radius 3 is 2.38 bits per heavy atom. The zero-order valence-electron chi connectivity index (χ0n) is 17.4. The molecule has 0 aliphatic carbocycles. The van der Waals surface area contributed by atoms with E-state index in [1.807, 2.05) is 31.2 Å². The summed E-state index contributed by atoms with van der Waals surface area (Å²) in [5, 5.41) is 0.872. The molecule has 0 fully saturated rings. The molecule has 1 atom stereocenters. The van der Waals surface area contributed by atoms with Crippen LogP contribution in [-0.2, 0) is 27.8 Å². The smallest absolute Gasteiger partial charge is 0.243 e. The van der Waals surface area contributed by atoms with Crippen LogP contribution >= 0.6 is 23.2 Å². The van der Waals surface area contributed by atoms with Crippen molar-refractivity contribution in [1.29, 1.82) is 0 Å². The second-order valence-electron chi connectivity index (χ2n) is 7.76. The number of rotatable bonds is 6. The second-order valence-corrected chi connectivity index (χ2v) is 10.5. The highest BCUT2D eigenvalue weighted by Gasteiger charge is 2.34. The van der Waals surface area contributed by atoms with Gasteiger partial charge in [0.05, 0.1) is 11.4 Å². The van der Waals surface area contributed by atoms with E-state index in [0.717, 1.165) is 17.7 Å². The van der Waals surface area contributed by atoms with E-state index in [4.69, 9.17) is 23.2 Å². The molecule has 0 bridgehead atoms. The SMILES string of the molecule is C[C@H]1Cc2ccccc2N1C(=O)CN(Cc1ccccc1Cl)S(=O)(=O)c1ccc(Cl)cc1.